The molecule has 0 bridgehead atoms. The molecule has 0 saturated heterocycles. The van der Waals surface area contributed by atoms with E-state index < -0.39 is 5.97 Å². The second kappa shape index (κ2) is 7.88. The third-order valence-electron chi connectivity index (χ3n) is 6.68. The van der Waals surface area contributed by atoms with Crippen molar-refractivity contribution in [3.63, 3.8) is 0 Å². The first-order chi connectivity index (χ1) is 14.3. The first kappa shape index (κ1) is 20.6. The van der Waals surface area contributed by atoms with Gasteiger partial charge in [-0.05, 0) is 59.1 Å². The molecule has 1 atom stereocenters. The lowest BCUT2D eigenvalue weighted by Gasteiger charge is -2.38. The van der Waals surface area contributed by atoms with E-state index in [1.807, 2.05) is 48.5 Å². The SMILES string of the molecule is CCC(C)(C)[C@H]1C/C(=C\c2ccccc2Cl)c2nc3ccccc3c(C(=O)O)c2C1. The third-order valence-corrected chi connectivity index (χ3v) is 7.02. The van der Waals surface area contributed by atoms with Crippen LogP contribution in [0.25, 0.3) is 22.6 Å². The Morgan fingerprint density at radius 3 is 2.57 bits per heavy atom. The molecule has 0 amide bonds. The van der Waals surface area contributed by atoms with Crippen LogP contribution >= 0.6 is 11.6 Å². The van der Waals surface area contributed by atoms with Gasteiger partial charge in [-0.3, -0.25) is 0 Å². The first-order valence-electron chi connectivity index (χ1n) is 10.4. The summed E-state index contributed by atoms with van der Waals surface area (Å²) in [6.07, 6.45) is 4.68. The molecule has 0 fully saturated rings. The number of carboxylic acids is 1. The summed E-state index contributed by atoms with van der Waals surface area (Å²) >= 11 is 6.44. The maximum absolute atomic E-state index is 12.4. The topological polar surface area (TPSA) is 50.2 Å². The largest absolute Gasteiger partial charge is 0.478 e. The third kappa shape index (κ3) is 3.63. The van der Waals surface area contributed by atoms with Crippen molar-refractivity contribution >= 4 is 40.1 Å². The zero-order chi connectivity index (χ0) is 21.5. The Kier molecular flexibility index (Phi) is 5.42. The lowest BCUT2D eigenvalue weighted by molar-refractivity contribution is 0.0696. The Morgan fingerprint density at radius 2 is 1.87 bits per heavy atom. The van der Waals surface area contributed by atoms with Crippen LogP contribution in [0.5, 0.6) is 0 Å². The smallest absolute Gasteiger partial charge is 0.336 e. The number of aromatic carboxylic acids is 1. The summed E-state index contributed by atoms with van der Waals surface area (Å²) in [6.45, 7) is 6.74. The summed E-state index contributed by atoms with van der Waals surface area (Å²) in [6, 6.07) is 15.3. The number of pyridine rings is 1. The molecule has 4 heteroatoms. The van der Waals surface area contributed by atoms with Crippen LogP contribution in [-0.4, -0.2) is 16.1 Å². The number of carboxylic acid groups (broad SMARTS) is 1. The normalized spacial score (nSPS) is 17.9. The highest BCUT2D eigenvalue weighted by molar-refractivity contribution is 6.32. The molecule has 1 N–H and O–H groups in total. The monoisotopic (exact) mass is 419 g/mol. The molecule has 4 rings (SSSR count). The van der Waals surface area contributed by atoms with Crippen LogP contribution in [-0.2, 0) is 6.42 Å². The Morgan fingerprint density at radius 1 is 1.17 bits per heavy atom. The van der Waals surface area contributed by atoms with E-state index in [0.717, 1.165) is 41.7 Å². The maximum Gasteiger partial charge on any atom is 0.336 e. The minimum Gasteiger partial charge on any atom is -0.478 e. The molecule has 1 aliphatic carbocycles. The Balaban J connectivity index is 2.01. The van der Waals surface area contributed by atoms with Crippen molar-refractivity contribution in [2.75, 3.05) is 0 Å². The average molecular weight is 420 g/mol. The molecular formula is C26H26ClNO2. The van der Waals surface area contributed by atoms with Crippen LogP contribution in [0.3, 0.4) is 0 Å². The molecule has 1 aliphatic rings. The van der Waals surface area contributed by atoms with Crippen LogP contribution in [0.2, 0.25) is 5.02 Å². The lowest BCUT2D eigenvalue weighted by atomic mass is 9.67. The summed E-state index contributed by atoms with van der Waals surface area (Å²) < 4.78 is 0. The second-order valence-electron chi connectivity index (χ2n) is 8.77. The standard InChI is InChI=1S/C26H26ClNO2/c1-4-26(2,3)18-14-17(13-16-9-5-7-11-21(16)27)24-20(15-18)23(25(29)30)19-10-6-8-12-22(19)28-24/h5-13,18H,4,14-15H2,1-3H3,(H,29,30)/b17-13+/t18-/m0/s1. The molecule has 1 heterocycles. The molecule has 2 aromatic carbocycles. The fraction of sp³-hybridized carbons (Fsp3) is 0.308. The summed E-state index contributed by atoms with van der Waals surface area (Å²) in [5, 5.41) is 11.5. The van der Waals surface area contributed by atoms with Gasteiger partial charge in [0.25, 0.3) is 0 Å². The Hall–Kier alpha value is -2.65. The Labute approximate surface area is 182 Å². The van der Waals surface area contributed by atoms with Crippen molar-refractivity contribution in [2.24, 2.45) is 11.3 Å². The van der Waals surface area contributed by atoms with E-state index in [4.69, 9.17) is 16.6 Å². The molecule has 0 radical (unpaired) electrons. The van der Waals surface area contributed by atoms with Gasteiger partial charge in [-0.15, -0.1) is 0 Å². The number of carbonyl (C=O) groups is 1. The number of hydrogen-bond donors (Lipinski definition) is 1. The van der Waals surface area contributed by atoms with Crippen molar-refractivity contribution in [1.29, 1.82) is 0 Å². The number of nitrogens with zero attached hydrogens (tertiary/aromatic N) is 1. The van der Waals surface area contributed by atoms with Gasteiger partial charge in [0.1, 0.15) is 0 Å². The predicted molar refractivity (Wildman–Crippen MR) is 124 cm³/mol. The first-order valence-corrected chi connectivity index (χ1v) is 10.8. The molecule has 154 valence electrons. The van der Waals surface area contributed by atoms with E-state index in [0.29, 0.717) is 27.4 Å². The summed E-state index contributed by atoms with van der Waals surface area (Å²) in [5.74, 6) is -0.568. The molecule has 0 spiro atoms. The van der Waals surface area contributed by atoms with E-state index in [-0.39, 0.29) is 5.41 Å². The van der Waals surface area contributed by atoms with E-state index >= 15 is 0 Å². The summed E-state index contributed by atoms with van der Waals surface area (Å²) in [4.78, 5) is 17.3. The van der Waals surface area contributed by atoms with E-state index in [1.54, 1.807) is 0 Å². The van der Waals surface area contributed by atoms with Crippen molar-refractivity contribution in [2.45, 2.75) is 40.0 Å². The van der Waals surface area contributed by atoms with Gasteiger partial charge in [-0.1, -0.05) is 75.2 Å². The molecule has 0 unspecified atom stereocenters. The molecular weight excluding hydrogens is 394 g/mol. The zero-order valence-electron chi connectivity index (χ0n) is 17.6. The minimum atomic E-state index is -0.892. The lowest BCUT2D eigenvalue weighted by Crippen LogP contribution is -2.30. The fourth-order valence-corrected chi connectivity index (χ4v) is 4.58. The summed E-state index contributed by atoms with van der Waals surface area (Å²) in [5.41, 5.74) is 4.82. The fourth-order valence-electron chi connectivity index (χ4n) is 4.39. The van der Waals surface area contributed by atoms with Gasteiger partial charge in [0, 0.05) is 10.4 Å². The van der Waals surface area contributed by atoms with E-state index in [9.17, 15) is 9.90 Å². The summed E-state index contributed by atoms with van der Waals surface area (Å²) in [7, 11) is 0. The molecule has 0 aliphatic heterocycles. The number of allylic oxidation sites excluding steroid dienone is 1. The predicted octanol–water partition coefficient (Wildman–Crippen LogP) is 7.13. The highest BCUT2D eigenvalue weighted by Crippen LogP contribution is 2.46. The number of aromatic nitrogens is 1. The maximum atomic E-state index is 12.4. The van der Waals surface area contributed by atoms with Crippen LogP contribution in [0.15, 0.2) is 48.5 Å². The van der Waals surface area contributed by atoms with Gasteiger partial charge in [0.05, 0.1) is 16.8 Å². The Bertz CT molecular complexity index is 1160. The molecule has 3 nitrogen and oxygen atoms in total. The van der Waals surface area contributed by atoms with Crippen molar-refractivity contribution in [3.05, 3.63) is 75.9 Å². The molecule has 0 saturated carbocycles. The van der Waals surface area contributed by atoms with Gasteiger partial charge in [-0.25, -0.2) is 9.78 Å². The second-order valence-corrected chi connectivity index (χ2v) is 9.18. The minimum absolute atomic E-state index is 0.0820. The molecule has 1 aromatic heterocycles. The van der Waals surface area contributed by atoms with Crippen LogP contribution in [0.4, 0.5) is 0 Å². The number of benzene rings is 2. The van der Waals surface area contributed by atoms with Gasteiger partial charge >= 0.3 is 5.97 Å². The highest BCUT2D eigenvalue weighted by Gasteiger charge is 2.36. The highest BCUT2D eigenvalue weighted by atomic mass is 35.5. The zero-order valence-corrected chi connectivity index (χ0v) is 18.3. The van der Waals surface area contributed by atoms with Crippen molar-refractivity contribution in [1.82, 2.24) is 4.98 Å². The van der Waals surface area contributed by atoms with Crippen LogP contribution < -0.4 is 0 Å². The number of fused-ring (bicyclic) bond motifs is 2. The van der Waals surface area contributed by atoms with Gasteiger partial charge < -0.3 is 5.11 Å². The van der Waals surface area contributed by atoms with E-state index in [1.165, 1.54) is 0 Å². The number of halogens is 1. The van der Waals surface area contributed by atoms with Crippen molar-refractivity contribution < 1.29 is 9.90 Å². The van der Waals surface area contributed by atoms with Gasteiger partial charge in [0.2, 0.25) is 0 Å². The average Bonchev–Trinajstić information content (AvgIpc) is 2.73. The van der Waals surface area contributed by atoms with Gasteiger partial charge in [-0.2, -0.15) is 0 Å². The number of rotatable bonds is 4. The molecule has 3 aromatic rings. The van der Waals surface area contributed by atoms with Gasteiger partial charge in [0.15, 0.2) is 0 Å². The number of para-hydroxylation sites is 1. The van der Waals surface area contributed by atoms with Crippen LogP contribution in [0.1, 0.15) is 60.8 Å². The van der Waals surface area contributed by atoms with Crippen LogP contribution in [0, 0.1) is 11.3 Å². The molecule has 30 heavy (non-hydrogen) atoms. The van der Waals surface area contributed by atoms with Crippen molar-refractivity contribution in [3.8, 4) is 0 Å². The number of hydrogen-bond acceptors (Lipinski definition) is 2. The van der Waals surface area contributed by atoms with E-state index in [2.05, 4.69) is 26.8 Å². The quantitative estimate of drug-likeness (QED) is 0.489.